The average molecular weight is 314 g/mol. The molecule has 0 saturated carbocycles. The molecule has 0 spiro atoms. The minimum absolute atomic E-state index is 0.0473. The van der Waals surface area contributed by atoms with Crippen molar-refractivity contribution in [2.75, 3.05) is 13.2 Å². The average Bonchev–Trinajstić information content (AvgIpc) is 2.83. The molecule has 108 valence electrons. The Morgan fingerprint density at radius 2 is 1.85 bits per heavy atom. The number of hydrogen-bond donors (Lipinski definition) is 0. The van der Waals surface area contributed by atoms with E-state index >= 15 is 0 Å². The zero-order chi connectivity index (χ0) is 14.6. The number of non-ortho nitro benzene ring substituents is 1. The maximum atomic E-state index is 10.7. The molecular weight excluding hydrogens is 300 g/mol. The predicted octanol–water partition coefficient (Wildman–Crippen LogP) is 3.42. The van der Waals surface area contributed by atoms with Crippen LogP contribution in [0.15, 0.2) is 28.7 Å². The summed E-state index contributed by atoms with van der Waals surface area (Å²) in [5, 5.41) is 9.74. The Kier molecular flexibility index (Phi) is 5.03. The van der Waals surface area contributed by atoms with Crippen LogP contribution in [0.1, 0.15) is 19.4 Å². The summed E-state index contributed by atoms with van der Waals surface area (Å²) in [6, 6.07) is 6.23. The first-order valence-electron chi connectivity index (χ1n) is 6.09. The second-order valence-electron chi connectivity index (χ2n) is 3.82. The molecule has 1 aliphatic heterocycles. The Labute approximate surface area is 124 Å². The van der Waals surface area contributed by atoms with Gasteiger partial charge >= 0.3 is 0 Å². The van der Waals surface area contributed by atoms with E-state index < -0.39 is 10.0 Å². The summed E-state index contributed by atoms with van der Waals surface area (Å²) < 4.78 is 15.8. The SMILES string of the molecule is CCOC1(OCC)SSN=C1c1ccc([N+](=O)[O-])cc1. The number of rotatable bonds is 6. The standard InChI is InChI=1S/C12H14N2O4S2/c1-3-17-12(18-4-2)11(13-20-19-12)9-5-7-10(8-6-9)14(15)16/h5-8H,3-4H2,1-2H3. The molecule has 2 rings (SSSR count). The number of nitrogens with zero attached hydrogens (tertiary/aromatic N) is 2. The maximum absolute atomic E-state index is 10.7. The lowest BCUT2D eigenvalue weighted by atomic mass is 10.1. The second kappa shape index (κ2) is 6.57. The highest BCUT2D eigenvalue weighted by Crippen LogP contribution is 2.48. The molecule has 1 aromatic rings. The van der Waals surface area contributed by atoms with E-state index in [1.54, 1.807) is 12.1 Å². The molecule has 0 aromatic heterocycles. The molecule has 0 aliphatic carbocycles. The molecule has 0 N–H and O–H groups in total. The van der Waals surface area contributed by atoms with E-state index in [0.717, 1.165) is 5.56 Å². The normalized spacial score (nSPS) is 17.0. The first-order valence-corrected chi connectivity index (χ1v) is 8.19. The number of benzene rings is 1. The maximum Gasteiger partial charge on any atom is 0.276 e. The molecule has 1 aromatic carbocycles. The van der Waals surface area contributed by atoms with Crippen molar-refractivity contribution in [1.29, 1.82) is 0 Å². The van der Waals surface area contributed by atoms with E-state index in [4.69, 9.17) is 9.47 Å². The van der Waals surface area contributed by atoms with Crippen molar-refractivity contribution in [2.24, 2.45) is 4.40 Å². The molecule has 1 aliphatic rings. The van der Waals surface area contributed by atoms with Crippen LogP contribution in [-0.4, -0.2) is 29.0 Å². The fraction of sp³-hybridized carbons (Fsp3) is 0.417. The van der Waals surface area contributed by atoms with Gasteiger partial charge in [0.1, 0.15) is 5.71 Å². The van der Waals surface area contributed by atoms with Crippen LogP contribution in [0, 0.1) is 10.1 Å². The van der Waals surface area contributed by atoms with Crippen molar-refractivity contribution < 1.29 is 14.4 Å². The van der Waals surface area contributed by atoms with Crippen molar-refractivity contribution in [2.45, 2.75) is 19.0 Å². The van der Waals surface area contributed by atoms with Crippen molar-refractivity contribution in [1.82, 2.24) is 0 Å². The second-order valence-corrected chi connectivity index (χ2v) is 5.81. The van der Waals surface area contributed by atoms with Crippen molar-refractivity contribution in [3.8, 4) is 0 Å². The van der Waals surface area contributed by atoms with E-state index in [-0.39, 0.29) is 5.69 Å². The first kappa shape index (κ1) is 15.3. The van der Waals surface area contributed by atoms with Crippen molar-refractivity contribution >= 4 is 33.2 Å². The topological polar surface area (TPSA) is 74.0 Å². The van der Waals surface area contributed by atoms with Gasteiger partial charge in [-0.3, -0.25) is 10.1 Å². The molecule has 0 radical (unpaired) electrons. The highest BCUT2D eigenvalue weighted by Gasteiger charge is 2.44. The molecule has 0 bridgehead atoms. The van der Waals surface area contributed by atoms with E-state index in [2.05, 4.69) is 4.40 Å². The summed E-state index contributed by atoms with van der Waals surface area (Å²) in [6.07, 6.45) is 0. The van der Waals surface area contributed by atoms with Crippen LogP contribution in [-0.2, 0) is 9.47 Å². The fourth-order valence-electron chi connectivity index (χ4n) is 1.78. The lowest BCUT2D eigenvalue weighted by molar-refractivity contribution is -0.384. The first-order chi connectivity index (χ1) is 9.63. The van der Waals surface area contributed by atoms with Gasteiger partial charge in [-0.2, -0.15) is 0 Å². The summed E-state index contributed by atoms with van der Waals surface area (Å²) in [5.74, 6) is 0. The monoisotopic (exact) mass is 314 g/mol. The van der Waals surface area contributed by atoms with Gasteiger partial charge in [0.2, 0.25) is 0 Å². The van der Waals surface area contributed by atoms with Gasteiger partial charge in [0.05, 0.1) is 4.92 Å². The summed E-state index contributed by atoms with van der Waals surface area (Å²) in [4.78, 5) is 10.3. The molecule has 0 fully saturated rings. The molecule has 0 amide bonds. The molecule has 20 heavy (non-hydrogen) atoms. The van der Waals surface area contributed by atoms with E-state index in [1.807, 2.05) is 13.8 Å². The quantitative estimate of drug-likeness (QED) is 0.263. The Morgan fingerprint density at radius 3 is 2.35 bits per heavy atom. The highest BCUT2D eigenvalue weighted by atomic mass is 33.1. The van der Waals surface area contributed by atoms with Crippen LogP contribution in [0.5, 0.6) is 0 Å². The Morgan fingerprint density at radius 1 is 1.25 bits per heavy atom. The van der Waals surface area contributed by atoms with E-state index in [0.29, 0.717) is 18.9 Å². The van der Waals surface area contributed by atoms with Gasteiger partial charge in [-0.15, -0.1) is 0 Å². The molecule has 0 saturated heterocycles. The van der Waals surface area contributed by atoms with Gasteiger partial charge in [0.15, 0.2) is 0 Å². The number of nitro groups is 1. The smallest absolute Gasteiger partial charge is 0.276 e. The fourth-order valence-corrected chi connectivity index (χ4v) is 4.00. The Hall–Kier alpha value is -1.09. The summed E-state index contributed by atoms with van der Waals surface area (Å²) in [5.41, 5.74) is 1.45. The largest absolute Gasteiger partial charge is 0.336 e. The van der Waals surface area contributed by atoms with Crippen LogP contribution in [0.4, 0.5) is 5.69 Å². The molecule has 8 heteroatoms. The lowest BCUT2D eigenvalue weighted by Crippen LogP contribution is -2.39. The van der Waals surface area contributed by atoms with Crippen LogP contribution in [0.3, 0.4) is 0 Å². The molecule has 0 atom stereocenters. The zero-order valence-electron chi connectivity index (χ0n) is 11.1. The zero-order valence-corrected chi connectivity index (χ0v) is 12.7. The van der Waals surface area contributed by atoms with Gasteiger partial charge in [0.25, 0.3) is 10.8 Å². The molecule has 6 nitrogen and oxygen atoms in total. The van der Waals surface area contributed by atoms with Gasteiger partial charge in [-0.1, -0.05) is 0 Å². The molecule has 0 unspecified atom stereocenters. The van der Waals surface area contributed by atoms with Gasteiger partial charge < -0.3 is 9.47 Å². The van der Waals surface area contributed by atoms with Gasteiger partial charge in [-0.05, 0) is 26.0 Å². The van der Waals surface area contributed by atoms with Crippen LogP contribution in [0.2, 0.25) is 0 Å². The van der Waals surface area contributed by atoms with Crippen molar-refractivity contribution in [3.63, 3.8) is 0 Å². The van der Waals surface area contributed by atoms with E-state index in [1.165, 1.54) is 33.9 Å². The lowest BCUT2D eigenvalue weighted by Gasteiger charge is -2.28. The van der Waals surface area contributed by atoms with Crippen LogP contribution in [0.25, 0.3) is 0 Å². The summed E-state index contributed by atoms with van der Waals surface area (Å²) >= 11 is 0. The summed E-state index contributed by atoms with van der Waals surface area (Å²) in [6.45, 7) is 4.74. The third-order valence-electron chi connectivity index (χ3n) is 2.59. The number of ether oxygens (including phenoxy) is 2. The van der Waals surface area contributed by atoms with Crippen molar-refractivity contribution in [3.05, 3.63) is 39.9 Å². The van der Waals surface area contributed by atoms with E-state index in [9.17, 15) is 10.1 Å². The highest BCUT2D eigenvalue weighted by molar-refractivity contribution is 8.77. The number of nitro benzene ring substituents is 1. The summed E-state index contributed by atoms with van der Waals surface area (Å²) in [7, 11) is 2.68. The van der Waals surface area contributed by atoms with Crippen LogP contribution < -0.4 is 0 Å². The predicted molar refractivity (Wildman–Crippen MR) is 80.8 cm³/mol. The van der Waals surface area contributed by atoms with Gasteiger partial charge in [-0.25, -0.2) is 4.40 Å². The third kappa shape index (κ3) is 2.98. The van der Waals surface area contributed by atoms with Crippen LogP contribution >= 0.6 is 21.8 Å². The Balaban J connectivity index is 2.31. The van der Waals surface area contributed by atoms with Gasteiger partial charge in [0, 0.05) is 52.7 Å². The number of hydrogen-bond acceptors (Lipinski definition) is 7. The molecular formula is C12H14N2O4S2. The molecule has 1 heterocycles. The minimum Gasteiger partial charge on any atom is -0.336 e. The minimum atomic E-state index is -0.940. The Bertz CT molecular complexity index is 513. The third-order valence-corrected chi connectivity index (χ3v) is 4.67.